The number of sulfonamides is 1. The first kappa shape index (κ1) is 19.2. The van der Waals surface area contributed by atoms with Gasteiger partial charge in [0, 0.05) is 23.7 Å². The lowest BCUT2D eigenvalue weighted by atomic mass is 9.97. The van der Waals surface area contributed by atoms with E-state index in [4.69, 9.17) is 11.6 Å². The fourth-order valence-electron chi connectivity index (χ4n) is 2.81. The van der Waals surface area contributed by atoms with E-state index >= 15 is 0 Å². The van der Waals surface area contributed by atoms with Crippen LogP contribution in [0.15, 0.2) is 24.3 Å². The minimum Gasteiger partial charge on any atom is -0.351 e. The summed E-state index contributed by atoms with van der Waals surface area (Å²) in [6.45, 7) is 6.46. The molecule has 1 saturated heterocycles. The molecule has 5 nitrogen and oxygen atoms in total. The molecule has 24 heavy (non-hydrogen) atoms. The maximum atomic E-state index is 12.7. The SMILES string of the molecule is CC(C)(C)NC(=O)[C@@H]1CCCN(S(=O)(=O)Cc2cccc(Cl)c2)C1. The quantitative estimate of drug-likeness (QED) is 0.883. The van der Waals surface area contributed by atoms with Crippen molar-refractivity contribution in [1.29, 1.82) is 0 Å². The smallest absolute Gasteiger partial charge is 0.224 e. The fraction of sp³-hybridized carbons (Fsp3) is 0.588. The summed E-state index contributed by atoms with van der Waals surface area (Å²) >= 11 is 5.92. The van der Waals surface area contributed by atoms with Gasteiger partial charge in [-0.25, -0.2) is 12.7 Å². The number of hydrogen-bond donors (Lipinski definition) is 1. The van der Waals surface area contributed by atoms with Crippen molar-refractivity contribution in [2.45, 2.75) is 44.9 Å². The summed E-state index contributed by atoms with van der Waals surface area (Å²) in [7, 11) is -3.47. The van der Waals surface area contributed by atoms with Gasteiger partial charge in [0.2, 0.25) is 15.9 Å². The van der Waals surface area contributed by atoms with Crippen LogP contribution >= 0.6 is 11.6 Å². The van der Waals surface area contributed by atoms with Crippen molar-refractivity contribution in [3.8, 4) is 0 Å². The average molecular weight is 373 g/mol. The number of halogens is 1. The molecule has 0 spiro atoms. The Morgan fingerprint density at radius 1 is 1.38 bits per heavy atom. The second-order valence-corrected chi connectivity index (χ2v) is 9.73. The summed E-state index contributed by atoms with van der Waals surface area (Å²) in [4.78, 5) is 12.3. The van der Waals surface area contributed by atoms with Crippen LogP contribution in [0.3, 0.4) is 0 Å². The Labute approximate surface area is 149 Å². The van der Waals surface area contributed by atoms with Crippen molar-refractivity contribution < 1.29 is 13.2 Å². The molecule has 7 heteroatoms. The average Bonchev–Trinajstić information content (AvgIpc) is 2.45. The highest BCUT2D eigenvalue weighted by molar-refractivity contribution is 7.88. The summed E-state index contributed by atoms with van der Waals surface area (Å²) in [6, 6.07) is 6.86. The normalized spacial score (nSPS) is 19.9. The van der Waals surface area contributed by atoms with Gasteiger partial charge in [-0.15, -0.1) is 0 Å². The van der Waals surface area contributed by atoms with E-state index in [1.165, 1.54) is 4.31 Å². The van der Waals surface area contributed by atoms with E-state index in [0.717, 1.165) is 0 Å². The van der Waals surface area contributed by atoms with Crippen LogP contribution in [0.4, 0.5) is 0 Å². The molecule has 0 unspecified atom stereocenters. The van der Waals surface area contributed by atoms with E-state index in [1.807, 2.05) is 20.8 Å². The van der Waals surface area contributed by atoms with Gasteiger partial charge in [-0.2, -0.15) is 0 Å². The fourth-order valence-corrected chi connectivity index (χ4v) is 4.62. The Balaban J connectivity index is 2.06. The van der Waals surface area contributed by atoms with Crippen molar-refractivity contribution in [3.63, 3.8) is 0 Å². The molecule has 1 fully saturated rings. The van der Waals surface area contributed by atoms with Crippen molar-refractivity contribution >= 4 is 27.5 Å². The van der Waals surface area contributed by atoms with Gasteiger partial charge in [-0.05, 0) is 51.3 Å². The number of benzene rings is 1. The van der Waals surface area contributed by atoms with E-state index in [1.54, 1.807) is 24.3 Å². The molecule has 1 amide bonds. The number of nitrogens with one attached hydrogen (secondary N) is 1. The Hall–Kier alpha value is -1.11. The Morgan fingerprint density at radius 3 is 2.71 bits per heavy atom. The molecule has 1 N–H and O–H groups in total. The Bertz CT molecular complexity index is 698. The third kappa shape index (κ3) is 5.46. The molecular formula is C17H25ClN2O3S. The van der Waals surface area contributed by atoms with Crippen molar-refractivity contribution in [1.82, 2.24) is 9.62 Å². The van der Waals surface area contributed by atoms with Crippen molar-refractivity contribution in [2.75, 3.05) is 13.1 Å². The van der Waals surface area contributed by atoms with Gasteiger partial charge < -0.3 is 5.32 Å². The third-order valence-electron chi connectivity index (χ3n) is 3.88. The van der Waals surface area contributed by atoms with Crippen molar-refractivity contribution in [2.24, 2.45) is 5.92 Å². The molecule has 0 bridgehead atoms. The topological polar surface area (TPSA) is 66.5 Å². The third-order valence-corrected chi connectivity index (χ3v) is 5.94. The largest absolute Gasteiger partial charge is 0.351 e. The molecule has 0 saturated carbocycles. The first-order valence-electron chi connectivity index (χ1n) is 8.11. The first-order valence-corrected chi connectivity index (χ1v) is 10.1. The zero-order valence-corrected chi connectivity index (χ0v) is 16.0. The lowest BCUT2D eigenvalue weighted by Crippen LogP contribution is -2.49. The van der Waals surface area contributed by atoms with Gasteiger partial charge in [0.1, 0.15) is 0 Å². The number of piperidine rings is 1. The van der Waals surface area contributed by atoms with Crippen LogP contribution < -0.4 is 5.32 Å². The number of hydrogen-bond acceptors (Lipinski definition) is 3. The van der Waals surface area contributed by atoms with Crippen LogP contribution in [0, 0.1) is 5.92 Å². The predicted octanol–water partition coefficient (Wildman–Crippen LogP) is 2.80. The number of rotatable bonds is 4. The highest BCUT2D eigenvalue weighted by Gasteiger charge is 2.33. The number of carbonyl (C=O) groups is 1. The molecule has 1 heterocycles. The van der Waals surface area contributed by atoms with Gasteiger partial charge in [-0.3, -0.25) is 4.79 Å². The summed E-state index contributed by atoms with van der Waals surface area (Å²) in [5, 5.41) is 3.46. The lowest BCUT2D eigenvalue weighted by molar-refractivity contribution is -0.127. The monoisotopic (exact) mass is 372 g/mol. The minimum absolute atomic E-state index is 0.0786. The highest BCUT2D eigenvalue weighted by atomic mass is 35.5. The molecule has 2 rings (SSSR count). The van der Waals surface area contributed by atoms with Gasteiger partial charge in [0.05, 0.1) is 11.7 Å². The molecule has 0 aliphatic carbocycles. The number of carbonyl (C=O) groups excluding carboxylic acids is 1. The summed E-state index contributed by atoms with van der Waals surface area (Å²) in [5.41, 5.74) is 0.336. The Morgan fingerprint density at radius 2 is 2.08 bits per heavy atom. The lowest BCUT2D eigenvalue weighted by Gasteiger charge is -2.33. The van der Waals surface area contributed by atoms with Gasteiger partial charge in [0.15, 0.2) is 0 Å². The molecule has 1 atom stereocenters. The molecule has 1 aromatic rings. The van der Waals surface area contributed by atoms with Crippen LogP contribution in [-0.4, -0.2) is 37.3 Å². The van der Waals surface area contributed by atoms with Gasteiger partial charge >= 0.3 is 0 Å². The predicted molar refractivity (Wildman–Crippen MR) is 96.3 cm³/mol. The molecule has 0 aromatic heterocycles. The number of amides is 1. The molecule has 1 aliphatic rings. The zero-order chi connectivity index (χ0) is 18.0. The number of nitrogens with zero attached hydrogens (tertiary/aromatic N) is 1. The van der Waals surface area contributed by atoms with E-state index in [-0.39, 0.29) is 29.7 Å². The Kier molecular flexibility index (Phi) is 5.94. The van der Waals surface area contributed by atoms with Crippen LogP contribution in [0.5, 0.6) is 0 Å². The maximum absolute atomic E-state index is 12.7. The van der Waals surface area contributed by atoms with Crippen molar-refractivity contribution in [3.05, 3.63) is 34.9 Å². The van der Waals surface area contributed by atoms with Gasteiger partial charge in [-0.1, -0.05) is 23.7 Å². The molecule has 1 aliphatic heterocycles. The second-order valence-electron chi connectivity index (χ2n) is 7.32. The van der Waals surface area contributed by atoms with Crippen LogP contribution in [0.1, 0.15) is 39.2 Å². The zero-order valence-electron chi connectivity index (χ0n) is 14.4. The molecule has 134 valence electrons. The van der Waals surface area contributed by atoms with E-state index < -0.39 is 10.0 Å². The van der Waals surface area contributed by atoms with Crippen LogP contribution in [-0.2, 0) is 20.6 Å². The van der Waals surface area contributed by atoms with E-state index in [0.29, 0.717) is 30.0 Å². The summed E-state index contributed by atoms with van der Waals surface area (Å²) in [6.07, 6.45) is 1.40. The standard InChI is InChI=1S/C17H25ClN2O3S/c1-17(2,3)19-16(21)14-7-5-9-20(11-14)24(22,23)12-13-6-4-8-15(18)10-13/h4,6,8,10,14H,5,7,9,11-12H2,1-3H3,(H,19,21)/t14-/m1/s1. The van der Waals surface area contributed by atoms with E-state index in [2.05, 4.69) is 5.32 Å². The molecular weight excluding hydrogens is 348 g/mol. The molecule has 1 aromatic carbocycles. The highest BCUT2D eigenvalue weighted by Crippen LogP contribution is 2.23. The first-order chi connectivity index (χ1) is 11.1. The second kappa shape index (κ2) is 7.42. The van der Waals surface area contributed by atoms with Gasteiger partial charge in [0.25, 0.3) is 0 Å². The maximum Gasteiger partial charge on any atom is 0.224 e. The summed E-state index contributed by atoms with van der Waals surface area (Å²) < 4.78 is 26.8. The van der Waals surface area contributed by atoms with Crippen LogP contribution in [0.25, 0.3) is 0 Å². The van der Waals surface area contributed by atoms with Crippen LogP contribution in [0.2, 0.25) is 5.02 Å². The van der Waals surface area contributed by atoms with E-state index in [9.17, 15) is 13.2 Å². The molecule has 0 radical (unpaired) electrons. The minimum atomic E-state index is -3.47. The summed E-state index contributed by atoms with van der Waals surface area (Å²) in [5.74, 6) is -0.474.